The summed E-state index contributed by atoms with van der Waals surface area (Å²) >= 11 is 0. The molecule has 1 fully saturated rings. The van der Waals surface area contributed by atoms with Crippen LogP contribution in [0, 0.1) is 0 Å². The molecule has 2 aromatic heterocycles. The van der Waals surface area contributed by atoms with E-state index in [1.54, 1.807) is 0 Å². The Labute approximate surface area is 191 Å². The van der Waals surface area contributed by atoms with Crippen LogP contribution in [0.3, 0.4) is 0 Å². The molecule has 1 aliphatic rings. The number of aliphatic hydroxyl groups is 2. The predicted molar refractivity (Wildman–Crippen MR) is 74.4 cm³/mol. The van der Waals surface area contributed by atoms with E-state index < -0.39 is 44.5 Å². The monoisotopic (exact) mass is 408 g/mol. The fourth-order valence-electron chi connectivity index (χ4n) is 2.31. The van der Waals surface area contributed by atoms with Gasteiger partial charge in [-0.2, -0.15) is 0 Å². The second-order valence-corrected chi connectivity index (χ2v) is 6.00. The van der Waals surface area contributed by atoms with Crippen LogP contribution in [0.25, 0.3) is 11.2 Å². The van der Waals surface area contributed by atoms with Crippen LogP contribution in [0.15, 0.2) is 17.4 Å². The van der Waals surface area contributed by atoms with E-state index in [4.69, 9.17) is 4.74 Å². The third-order valence-electron chi connectivity index (χ3n) is 3.37. The molecule has 12 nitrogen and oxygen atoms in total. The molecule has 15 heteroatoms. The molecule has 3 N–H and O–H groups in total. The molecule has 4 atom stereocenters. The van der Waals surface area contributed by atoms with E-state index in [9.17, 15) is 29.4 Å². The number of phosphoric ester groups is 1. The summed E-state index contributed by atoms with van der Waals surface area (Å²) in [6.07, 6.45) is -3.11. The van der Waals surface area contributed by atoms with Gasteiger partial charge in [0.1, 0.15) is 18.3 Å². The van der Waals surface area contributed by atoms with Crippen molar-refractivity contribution in [2.24, 2.45) is 0 Å². The number of fused-ring (bicyclic) bond motifs is 1. The standard InChI is InChI=1S/C10H13N4O8P.CH4.2Na/c15-6-4(1-21-23(18,19)20)22-10(7(6)16)14-3-13-5-8(14)11-2-12-9(5)17;;;/h2-4,6-7,10,15-16H,1H2,(H,11,12,17)(H2,18,19,20);1H4;;/q;;2*+1/p-2/t4-,6?,7+,10-;;;/m1.../s1. The summed E-state index contributed by atoms with van der Waals surface area (Å²) in [4.78, 5) is 42.6. The number of imidazole rings is 1. The number of hydrogen-bond donors (Lipinski definition) is 3. The quantitative estimate of drug-likeness (QED) is 0.324. The van der Waals surface area contributed by atoms with Crippen LogP contribution in [0.4, 0.5) is 0 Å². The van der Waals surface area contributed by atoms with Crippen LogP contribution in [0.1, 0.15) is 13.7 Å². The molecular weight excluding hydrogens is 393 g/mol. The van der Waals surface area contributed by atoms with Gasteiger partial charge >= 0.3 is 59.1 Å². The molecule has 2 aromatic rings. The third kappa shape index (κ3) is 5.45. The van der Waals surface area contributed by atoms with Crippen molar-refractivity contribution >= 4 is 19.0 Å². The molecule has 0 amide bonds. The van der Waals surface area contributed by atoms with Crippen molar-refractivity contribution in [3.8, 4) is 0 Å². The van der Waals surface area contributed by atoms with Crippen molar-refractivity contribution in [2.75, 3.05) is 6.61 Å². The maximum atomic E-state index is 11.6. The SMILES string of the molecule is C.O=c1[nH]cnc2c1ncn2[C@@H]1O[C@H](COP(=O)([O-])[O-])C(O)[C@@H]1O.[Na+].[Na+]. The van der Waals surface area contributed by atoms with Gasteiger partial charge in [0.25, 0.3) is 5.56 Å². The Morgan fingerprint density at radius 3 is 2.58 bits per heavy atom. The molecule has 1 saturated heterocycles. The van der Waals surface area contributed by atoms with E-state index in [2.05, 4.69) is 19.5 Å². The fraction of sp³-hybridized carbons (Fsp3) is 0.545. The maximum absolute atomic E-state index is 11.6. The van der Waals surface area contributed by atoms with Gasteiger partial charge in [0, 0.05) is 0 Å². The zero-order valence-corrected chi connectivity index (χ0v) is 18.2. The number of phosphoric acid groups is 1. The first kappa shape index (κ1) is 26.3. The Kier molecular flexibility index (Phi) is 10.3. The summed E-state index contributed by atoms with van der Waals surface area (Å²) in [5.74, 6) is 0. The first-order valence-electron chi connectivity index (χ1n) is 6.36. The molecule has 0 aromatic carbocycles. The summed E-state index contributed by atoms with van der Waals surface area (Å²) < 4.78 is 21.1. The first-order chi connectivity index (χ1) is 10.8. The van der Waals surface area contributed by atoms with Crippen molar-refractivity contribution in [3.05, 3.63) is 23.0 Å². The summed E-state index contributed by atoms with van der Waals surface area (Å²) in [6.45, 7) is -0.750. The largest absolute Gasteiger partial charge is 1.00 e. The van der Waals surface area contributed by atoms with Gasteiger partial charge in [0.05, 0.1) is 27.1 Å². The molecule has 1 aliphatic heterocycles. The van der Waals surface area contributed by atoms with E-state index in [1.165, 1.54) is 10.9 Å². The molecule has 0 spiro atoms. The molecule has 0 radical (unpaired) electrons. The van der Waals surface area contributed by atoms with Crippen molar-refractivity contribution in [1.29, 1.82) is 0 Å². The number of ether oxygens (including phenoxy) is 1. The molecule has 26 heavy (non-hydrogen) atoms. The molecule has 1 unspecified atom stereocenters. The first-order valence-corrected chi connectivity index (χ1v) is 7.82. The van der Waals surface area contributed by atoms with Gasteiger partial charge in [-0.1, -0.05) is 7.43 Å². The molecule has 0 aliphatic carbocycles. The Bertz CT molecular complexity index is 826. The molecule has 3 rings (SSSR count). The number of H-pyrrole nitrogens is 1. The zero-order valence-electron chi connectivity index (χ0n) is 13.3. The third-order valence-corrected chi connectivity index (χ3v) is 3.84. The smallest absolute Gasteiger partial charge is 0.790 e. The van der Waals surface area contributed by atoms with Crippen LogP contribution in [-0.2, 0) is 13.8 Å². The Balaban J connectivity index is 0.00000208. The van der Waals surface area contributed by atoms with Gasteiger partial charge in [0.15, 0.2) is 17.4 Å². The zero-order chi connectivity index (χ0) is 16.8. The van der Waals surface area contributed by atoms with Crippen molar-refractivity contribution in [1.82, 2.24) is 19.5 Å². The number of aromatic amines is 1. The van der Waals surface area contributed by atoms with Crippen molar-refractivity contribution in [3.63, 3.8) is 0 Å². The van der Waals surface area contributed by atoms with Gasteiger partial charge < -0.3 is 38.8 Å². The van der Waals surface area contributed by atoms with Crippen LogP contribution in [-0.4, -0.2) is 54.7 Å². The number of nitrogens with one attached hydrogen (secondary N) is 1. The molecule has 0 bridgehead atoms. The Morgan fingerprint density at radius 2 is 1.96 bits per heavy atom. The minimum absolute atomic E-state index is 0. The van der Waals surface area contributed by atoms with Crippen molar-refractivity contribution < 1.29 is 92.9 Å². The number of nitrogens with zero attached hydrogens (tertiary/aromatic N) is 3. The van der Waals surface area contributed by atoms with Gasteiger partial charge in [-0.05, 0) is 0 Å². The minimum atomic E-state index is -5.24. The topological polar surface area (TPSA) is 186 Å². The summed E-state index contributed by atoms with van der Waals surface area (Å²) in [5.41, 5.74) is -0.397. The van der Waals surface area contributed by atoms with Gasteiger partial charge in [-0.15, -0.1) is 0 Å². The van der Waals surface area contributed by atoms with Gasteiger partial charge in [-0.3, -0.25) is 9.36 Å². The number of rotatable bonds is 4. The summed E-state index contributed by atoms with van der Waals surface area (Å²) in [7, 11) is -5.24. The van der Waals surface area contributed by atoms with Gasteiger partial charge in [0.2, 0.25) is 0 Å². The molecule has 3 heterocycles. The Hall–Kier alpha value is 0.340. The van der Waals surface area contributed by atoms with E-state index in [1.807, 2.05) is 0 Å². The fourth-order valence-corrected chi connectivity index (χ4v) is 2.64. The van der Waals surface area contributed by atoms with Crippen LogP contribution < -0.4 is 74.5 Å². The maximum Gasteiger partial charge on any atom is 1.00 e. The second kappa shape index (κ2) is 10.2. The second-order valence-electron chi connectivity index (χ2n) is 4.84. The average molecular weight is 408 g/mol. The van der Waals surface area contributed by atoms with Crippen molar-refractivity contribution in [2.45, 2.75) is 32.0 Å². The number of hydrogen-bond acceptors (Lipinski definition) is 10. The normalized spacial score (nSPS) is 25.2. The minimum Gasteiger partial charge on any atom is -0.790 e. The molecule has 134 valence electrons. The number of aromatic nitrogens is 4. The van der Waals surface area contributed by atoms with Crippen LogP contribution in [0.2, 0.25) is 0 Å². The molecule has 0 saturated carbocycles. The average Bonchev–Trinajstić information content (AvgIpc) is 3.01. The molecular formula is C11H15N4Na2O8P. The summed E-state index contributed by atoms with van der Waals surface area (Å²) in [5, 5.41) is 19.9. The Morgan fingerprint density at radius 1 is 1.31 bits per heavy atom. The number of aliphatic hydroxyl groups excluding tert-OH is 2. The summed E-state index contributed by atoms with van der Waals surface area (Å²) in [6, 6.07) is 0. The predicted octanol–water partition coefficient (Wildman–Crippen LogP) is -8.77. The van der Waals surface area contributed by atoms with E-state index in [-0.39, 0.29) is 77.7 Å². The van der Waals surface area contributed by atoms with E-state index >= 15 is 0 Å². The van der Waals surface area contributed by atoms with E-state index in [0.29, 0.717) is 0 Å². The van der Waals surface area contributed by atoms with E-state index in [0.717, 1.165) is 6.33 Å². The van der Waals surface area contributed by atoms with Crippen LogP contribution >= 0.6 is 7.82 Å². The van der Waals surface area contributed by atoms with Crippen LogP contribution in [0.5, 0.6) is 0 Å². The van der Waals surface area contributed by atoms with Gasteiger partial charge in [-0.25, -0.2) is 9.97 Å².